The molecule has 1 aromatic carbocycles. The number of benzene rings is 1. The first-order valence-electron chi connectivity index (χ1n) is 5.59. The molecule has 0 aliphatic rings. The fourth-order valence-electron chi connectivity index (χ4n) is 1.56. The lowest BCUT2D eigenvalue weighted by Gasteiger charge is -1.94. The van der Waals surface area contributed by atoms with Gasteiger partial charge in [-0.05, 0) is 30.2 Å². The molecule has 0 saturated carbocycles. The molecule has 5 nitrogen and oxygen atoms in total. The normalized spacial score (nSPS) is 9.95. The summed E-state index contributed by atoms with van der Waals surface area (Å²) >= 11 is 1.55. The number of aromatic amines is 1. The molecule has 0 aliphatic carbocycles. The van der Waals surface area contributed by atoms with Gasteiger partial charge in [0.15, 0.2) is 5.01 Å². The molecular weight excluding hydrogens is 258 g/mol. The molecule has 3 aromatic rings. The number of H-pyrrole nitrogens is 1. The second-order valence-corrected chi connectivity index (χ2v) is 4.72. The van der Waals surface area contributed by atoms with Crippen molar-refractivity contribution in [3.8, 4) is 23.2 Å². The Bertz CT molecular complexity index is 749. The van der Waals surface area contributed by atoms with Gasteiger partial charge in [-0.25, -0.2) is 4.98 Å². The first kappa shape index (κ1) is 11.6. The van der Waals surface area contributed by atoms with Crippen molar-refractivity contribution in [2.45, 2.75) is 6.92 Å². The molecule has 0 fully saturated rings. The third kappa shape index (κ3) is 2.67. The van der Waals surface area contributed by atoms with Crippen LogP contribution >= 0.6 is 11.3 Å². The zero-order chi connectivity index (χ0) is 13.1. The Kier molecular flexibility index (Phi) is 3.04. The maximum atomic E-state index is 4.30. The second-order valence-electron chi connectivity index (χ2n) is 3.86. The number of nitrogens with one attached hydrogen (secondary N) is 1. The van der Waals surface area contributed by atoms with E-state index in [4.69, 9.17) is 0 Å². The molecule has 92 valence electrons. The summed E-state index contributed by atoms with van der Waals surface area (Å²) in [7, 11) is 0. The van der Waals surface area contributed by atoms with Crippen molar-refractivity contribution in [1.82, 2.24) is 25.6 Å². The van der Waals surface area contributed by atoms with Crippen LogP contribution in [0.4, 0.5) is 0 Å². The maximum Gasteiger partial charge on any atom is 0.204 e. The third-order valence-electron chi connectivity index (χ3n) is 2.40. The van der Waals surface area contributed by atoms with Crippen molar-refractivity contribution in [3.05, 3.63) is 45.9 Å². The van der Waals surface area contributed by atoms with E-state index in [9.17, 15) is 0 Å². The molecule has 0 atom stereocenters. The molecule has 2 aromatic heterocycles. The van der Waals surface area contributed by atoms with Crippen LogP contribution in [0.15, 0.2) is 29.6 Å². The first-order valence-corrected chi connectivity index (χ1v) is 6.47. The summed E-state index contributed by atoms with van der Waals surface area (Å²) in [4.78, 5) is 4.30. The Labute approximate surface area is 113 Å². The summed E-state index contributed by atoms with van der Waals surface area (Å²) < 4.78 is 0. The predicted molar refractivity (Wildman–Crippen MR) is 72.4 cm³/mol. The Hall–Kier alpha value is -2.52. The molecule has 0 unspecified atom stereocenters. The summed E-state index contributed by atoms with van der Waals surface area (Å²) in [5, 5.41) is 16.7. The topological polar surface area (TPSA) is 67.3 Å². The van der Waals surface area contributed by atoms with Gasteiger partial charge in [0, 0.05) is 22.2 Å². The zero-order valence-electron chi connectivity index (χ0n) is 10.1. The number of aromatic nitrogens is 5. The van der Waals surface area contributed by atoms with Gasteiger partial charge in [0.2, 0.25) is 5.82 Å². The van der Waals surface area contributed by atoms with Gasteiger partial charge in [0.05, 0.1) is 0 Å². The molecule has 0 amide bonds. The van der Waals surface area contributed by atoms with Gasteiger partial charge in [-0.15, -0.1) is 21.5 Å². The van der Waals surface area contributed by atoms with Gasteiger partial charge in [0.1, 0.15) is 0 Å². The molecule has 0 saturated heterocycles. The highest BCUT2D eigenvalue weighted by Crippen LogP contribution is 2.14. The molecule has 2 heterocycles. The largest absolute Gasteiger partial charge is 0.233 e. The van der Waals surface area contributed by atoms with E-state index in [0.717, 1.165) is 21.8 Å². The van der Waals surface area contributed by atoms with E-state index in [-0.39, 0.29) is 0 Å². The third-order valence-corrected chi connectivity index (χ3v) is 3.27. The minimum atomic E-state index is 0.564. The van der Waals surface area contributed by atoms with Gasteiger partial charge in [0.25, 0.3) is 0 Å². The van der Waals surface area contributed by atoms with Crippen LogP contribution in [0, 0.1) is 18.8 Å². The number of aryl methyl sites for hydroxylation is 1. The summed E-state index contributed by atoms with van der Waals surface area (Å²) in [5.74, 6) is 6.70. The van der Waals surface area contributed by atoms with E-state index in [2.05, 4.69) is 37.4 Å². The molecule has 0 radical (unpaired) electrons. The average Bonchev–Trinajstić information content (AvgIpc) is 3.08. The van der Waals surface area contributed by atoms with Crippen LogP contribution in [0.2, 0.25) is 0 Å². The average molecular weight is 267 g/mol. The lowest BCUT2D eigenvalue weighted by atomic mass is 10.1. The lowest BCUT2D eigenvalue weighted by Crippen LogP contribution is -1.83. The fraction of sp³-hybridized carbons (Fsp3) is 0.0769. The Balaban J connectivity index is 1.90. The summed E-state index contributed by atoms with van der Waals surface area (Å²) in [5.41, 5.74) is 2.78. The van der Waals surface area contributed by atoms with Crippen LogP contribution < -0.4 is 0 Å². The number of rotatable bonds is 1. The van der Waals surface area contributed by atoms with Gasteiger partial charge in [-0.1, -0.05) is 18.1 Å². The SMILES string of the molecule is Cc1csc(C#Cc2cccc(-c3nn[nH]n3)c2)n1. The van der Waals surface area contributed by atoms with Gasteiger partial charge in [-0.3, -0.25) is 0 Å². The smallest absolute Gasteiger partial charge is 0.204 e. The van der Waals surface area contributed by atoms with Gasteiger partial charge in [-0.2, -0.15) is 5.21 Å². The van der Waals surface area contributed by atoms with Crippen LogP contribution in [0.3, 0.4) is 0 Å². The van der Waals surface area contributed by atoms with Crippen LogP contribution in [0.25, 0.3) is 11.4 Å². The zero-order valence-corrected chi connectivity index (χ0v) is 10.9. The molecular formula is C13H9N5S. The Morgan fingerprint density at radius 2 is 2.21 bits per heavy atom. The minimum absolute atomic E-state index is 0.564. The van der Waals surface area contributed by atoms with E-state index in [1.54, 1.807) is 11.3 Å². The van der Waals surface area contributed by atoms with Crippen molar-refractivity contribution >= 4 is 11.3 Å². The van der Waals surface area contributed by atoms with E-state index >= 15 is 0 Å². The van der Waals surface area contributed by atoms with Gasteiger partial charge < -0.3 is 0 Å². The maximum absolute atomic E-state index is 4.30. The highest BCUT2D eigenvalue weighted by Gasteiger charge is 2.02. The summed E-state index contributed by atoms with van der Waals surface area (Å²) in [6, 6.07) is 7.71. The number of hydrogen-bond donors (Lipinski definition) is 1. The van der Waals surface area contributed by atoms with Crippen molar-refractivity contribution < 1.29 is 0 Å². The number of nitrogens with zero attached hydrogens (tertiary/aromatic N) is 4. The van der Waals surface area contributed by atoms with Crippen molar-refractivity contribution in [3.63, 3.8) is 0 Å². The molecule has 6 heteroatoms. The van der Waals surface area contributed by atoms with E-state index < -0.39 is 0 Å². The number of tetrazole rings is 1. The van der Waals surface area contributed by atoms with E-state index in [0.29, 0.717) is 5.82 Å². The summed E-state index contributed by atoms with van der Waals surface area (Å²) in [6.45, 7) is 1.96. The molecule has 3 rings (SSSR count). The van der Waals surface area contributed by atoms with E-state index in [1.807, 2.05) is 36.6 Å². The minimum Gasteiger partial charge on any atom is -0.233 e. The Morgan fingerprint density at radius 3 is 2.95 bits per heavy atom. The van der Waals surface area contributed by atoms with Crippen LogP contribution in [-0.4, -0.2) is 25.6 Å². The summed E-state index contributed by atoms with van der Waals surface area (Å²) in [6.07, 6.45) is 0. The fourth-order valence-corrected chi connectivity index (χ4v) is 2.20. The molecule has 19 heavy (non-hydrogen) atoms. The standard InChI is InChI=1S/C13H9N5S/c1-9-8-19-12(14-9)6-5-10-3-2-4-11(7-10)13-15-17-18-16-13/h2-4,7-8H,1H3,(H,15,16,17,18). The molecule has 0 spiro atoms. The van der Waals surface area contributed by atoms with Crippen molar-refractivity contribution in [2.75, 3.05) is 0 Å². The number of hydrogen-bond acceptors (Lipinski definition) is 5. The van der Waals surface area contributed by atoms with Crippen LogP contribution in [-0.2, 0) is 0 Å². The highest BCUT2D eigenvalue weighted by molar-refractivity contribution is 7.10. The predicted octanol–water partition coefficient (Wildman–Crippen LogP) is 2.03. The van der Waals surface area contributed by atoms with Crippen LogP contribution in [0.1, 0.15) is 16.3 Å². The van der Waals surface area contributed by atoms with Crippen molar-refractivity contribution in [1.29, 1.82) is 0 Å². The van der Waals surface area contributed by atoms with E-state index in [1.165, 1.54) is 0 Å². The monoisotopic (exact) mass is 267 g/mol. The quantitative estimate of drug-likeness (QED) is 0.685. The molecule has 0 aliphatic heterocycles. The second kappa shape index (κ2) is 5.00. The lowest BCUT2D eigenvalue weighted by molar-refractivity contribution is 0.881. The molecule has 0 bridgehead atoms. The van der Waals surface area contributed by atoms with Crippen molar-refractivity contribution in [2.24, 2.45) is 0 Å². The Morgan fingerprint density at radius 1 is 1.26 bits per heavy atom. The number of thiazole rings is 1. The van der Waals surface area contributed by atoms with Crippen LogP contribution in [0.5, 0.6) is 0 Å². The molecule has 1 N–H and O–H groups in total. The highest BCUT2D eigenvalue weighted by atomic mass is 32.1. The van der Waals surface area contributed by atoms with Gasteiger partial charge >= 0.3 is 0 Å². The first-order chi connectivity index (χ1) is 9.31.